The normalized spacial score (nSPS) is 15.0. The number of carbonyl (C=O) groups is 1. The molecule has 0 saturated heterocycles. The van der Waals surface area contributed by atoms with E-state index in [4.69, 9.17) is 4.74 Å². The lowest BCUT2D eigenvalue weighted by Gasteiger charge is -2.30. The number of fused-ring (bicyclic) bond motifs is 1. The molecule has 0 unspecified atom stereocenters. The van der Waals surface area contributed by atoms with Gasteiger partial charge in [-0.25, -0.2) is 4.98 Å². The van der Waals surface area contributed by atoms with Gasteiger partial charge in [0.1, 0.15) is 6.61 Å². The number of nitrogens with one attached hydrogen (secondary N) is 1. The van der Waals surface area contributed by atoms with Crippen LogP contribution in [-0.4, -0.2) is 78.8 Å². The van der Waals surface area contributed by atoms with Crippen molar-refractivity contribution in [3.05, 3.63) is 59.3 Å². The van der Waals surface area contributed by atoms with E-state index in [-0.39, 0.29) is 12.5 Å². The van der Waals surface area contributed by atoms with E-state index < -0.39 is 6.10 Å². The molecule has 3 rings (SSSR count). The predicted octanol–water partition coefficient (Wildman–Crippen LogP) is 1.17. The molecular formula is C22H30N4O3. The van der Waals surface area contributed by atoms with Crippen LogP contribution >= 0.6 is 0 Å². The summed E-state index contributed by atoms with van der Waals surface area (Å²) in [5, 5.41) is 13.2. The zero-order valence-corrected chi connectivity index (χ0v) is 17.2. The molecule has 0 bridgehead atoms. The molecule has 2 N–H and O–H groups in total. The van der Waals surface area contributed by atoms with Crippen molar-refractivity contribution in [3.8, 4) is 5.88 Å². The average Bonchev–Trinajstić information content (AvgIpc) is 2.72. The van der Waals surface area contributed by atoms with Crippen molar-refractivity contribution in [2.24, 2.45) is 0 Å². The monoisotopic (exact) mass is 398 g/mol. The van der Waals surface area contributed by atoms with Crippen molar-refractivity contribution in [2.45, 2.75) is 19.1 Å². The molecule has 0 saturated carbocycles. The van der Waals surface area contributed by atoms with E-state index in [0.717, 1.165) is 26.1 Å². The number of β-amino-alcohol motifs (C(OH)–C–C–N with tert-alkyl or cyclic N) is 1. The van der Waals surface area contributed by atoms with Gasteiger partial charge < -0.3 is 20.1 Å². The average molecular weight is 399 g/mol. The minimum Gasteiger partial charge on any atom is -0.476 e. The minimum atomic E-state index is -0.623. The molecule has 7 heteroatoms. The first-order valence-electron chi connectivity index (χ1n) is 10.0. The fourth-order valence-electron chi connectivity index (χ4n) is 3.35. The van der Waals surface area contributed by atoms with E-state index in [1.54, 1.807) is 18.3 Å². The van der Waals surface area contributed by atoms with Crippen LogP contribution in [0.3, 0.4) is 0 Å². The molecule has 0 aliphatic carbocycles. The number of pyridine rings is 1. The summed E-state index contributed by atoms with van der Waals surface area (Å²) in [6.07, 6.45) is 1.92. The Bertz CT molecular complexity index is 812. The summed E-state index contributed by atoms with van der Waals surface area (Å²) in [4.78, 5) is 20.8. The van der Waals surface area contributed by atoms with Crippen molar-refractivity contribution < 1.29 is 14.6 Å². The van der Waals surface area contributed by atoms with Gasteiger partial charge in [0, 0.05) is 50.6 Å². The fourth-order valence-corrected chi connectivity index (χ4v) is 3.35. The van der Waals surface area contributed by atoms with Crippen LogP contribution in [0.15, 0.2) is 42.6 Å². The number of hydrogen-bond donors (Lipinski definition) is 2. The minimum absolute atomic E-state index is 0.204. The number of benzene rings is 1. The summed E-state index contributed by atoms with van der Waals surface area (Å²) < 4.78 is 5.57. The Labute approximate surface area is 172 Å². The number of aromatic nitrogens is 1. The zero-order valence-electron chi connectivity index (χ0n) is 17.2. The first-order valence-corrected chi connectivity index (χ1v) is 10.0. The predicted molar refractivity (Wildman–Crippen MR) is 112 cm³/mol. The maximum atomic E-state index is 12.4. The molecule has 0 spiro atoms. The molecule has 2 heterocycles. The van der Waals surface area contributed by atoms with Crippen LogP contribution in [0, 0.1) is 0 Å². The third-order valence-electron chi connectivity index (χ3n) is 4.96. The number of hydrogen-bond acceptors (Lipinski definition) is 6. The highest BCUT2D eigenvalue weighted by Crippen LogP contribution is 2.18. The number of carbonyl (C=O) groups excluding carboxylic acids is 1. The lowest BCUT2D eigenvalue weighted by molar-refractivity contribution is 0.0841. The SMILES string of the molecule is CN(C)CCOc1cc(C(=O)NC[C@H](O)CN2CCc3ccccc3C2)ccn1. The Morgan fingerprint density at radius 1 is 1.31 bits per heavy atom. The molecule has 7 nitrogen and oxygen atoms in total. The van der Waals surface area contributed by atoms with Gasteiger partial charge in [-0.1, -0.05) is 24.3 Å². The number of likely N-dealkylation sites (N-methyl/N-ethyl adjacent to an activating group) is 1. The van der Waals surface area contributed by atoms with E-state index in [0.29, 0.717) is 24.6 Å². The van der Waals surface area contributed by atoms with Gasteiger partial charge in [0.05, 0.1) is 6.10 Å². The fraction of sp³-hybridized carbons (Fsp3) is 0.455. The molecule has 0 radical (unpaired) electrons. The van der Waals surface area contributed by atoms with Crippen LogP contribution in [0.2, 0.25) is 0 Å². The van der Waals surface area contributed by atoms with Gasteiger partial charge >= 0.3 is 0 Å². The summed E-state index contributed by atoms with van der Waals surface area (Å²) in [5.74, 6) is 0.180. The Kier molecular flexibility index (Phi) is 7.57. The molecule has 29 heavy (non-hydrogen) atoms. The van der Waals surface area contributed by atoms with Crippen molar-refractivity contribution in [2.75, 3.05) is 46.9 Å². The molecule has 1 aliphatic heterocycles. The van der Waals surface area contributed by atoms with Crippen LogP contribution < -0.4 is 10.1 Å². The van der Waals surface area contributed by atoms with E-state index in [1.165, 1.54) is 11.1 Å². The smallest absolute Gasteiger partial charge is 0.251 e. The summed E-state index contributed by atoms with van der Waals surface area (Å²) >= 11 is 0. The molecule has 1 aromatic carbocycles. The summed E-state index contributed by atoms with van der Waals surface area (Å²) in [7, 11) is 3.93. The highest BCUT2D eigenvalue weighted by molar-refractivity contribution is 5.94. The number of nitrogens with zero attached hydrogens (tertiary/aromatic N) is 3. The van der Waals surface area contributed by atoms with Gasteiger partial charge in [-0.2, -0.15) is 0 Å². The second kappa shape index (κ2) is 10.3. The van der Waals surface area contributed by atoms with E-state index in [1.807, 2.05) is 25.1 Å². The van der Waals surface area contributed by atoms with Crippen molar-refractivity contribution in [1.82, 2.24) is 20.1 Å². The zero-order chi connectivity index (χ0) is 20.6. The highest BCUT2D eigenvalue weighted by Gasteiger charge is 2.19. The Hall–Kier alpha value is -2.48. The van der Waals surface area contributed by atoms with Gasteiger partial charge in [-0.15, -0.1) is 0 Å². The highest BCUT2D eigenvalue weighted by atomic mass is 16.5. The first-order chi connectivity index (χ1) is 14.0. The topological polar surface area (TPSA) is 77.9 Å². The van der Waals surface area contributed by atoms with Gasteiger partial charge in [0.2, 0.25) is 5.88 Å². The summed E-state index contributed by atoms with van der Waals surface area (Å²) in [6, 6.07) is 11.7. The second-order valence-corrected chi connectivity index (χ2v) is 7.65. The Morgan fingerprint density at radius 2 is 2.10 bits per heavy atom. The Balaban J connectivity index is 1.44. The van der Waals surface area contributed by atoms with Crippen LogP contribution in [0.1, 0.15) is 21.5 Å². The van der Waals surface area contributed by atoms with Crippen LogP contribution in [0.5, 0.6) is 5.88 Å². The van der Waals surface area contributed by atoms with E-state index >= 15 is 0 Å². The Morgan fingerprint density at radius 3 is 2.90 bits per heavy atom. The summed E-state index contributed by atoms with van der Waals surface area (Å²) in [5.41, 5.74) is 3.17. The van der Waals surface area contributed by atoms with E-state index in [2.05, 4.69) is 33.4 Å². The summed E-state index contributed by atoms with van der Waals surface area (Å²) in [6.45, 7) is 3.76. The van der Waals surface area contributed by atoms with Crippen LogP contribution in [-0.2, 0) is 13.0 Å². The second-order valence-electron chi connectivity index (χ2n) is 7.65. The van der Waals surface area contributed by atoms with Crippen LogP contribution in [0.4, 0.5) is 0 Å². The first kappa shape index (κ1) is 21.2. The maximum Gasteiger partial charge on any atom is 0.251 e. The van der Waals surface area contributed by atoms with Crippen molar-refractivity contribution in [3.63, 3.8) is 0 Å². The van der Waals surface area contributed by atoms with Gasteiger partial charge in [0.15, 0.2) is 0 Å². The third-order valence-corrected chi connectivity index (χ3v) is 4.96. The van der Waals surface area contributed by atoms with Crippen LogP contribution in [0.25, 0.3) is 0 Å². The van der Waals surface area contributed by atoms with Gasteiger partial charge in [-0.05, 0) is 37.7 Å². The molecule has 1 atom stereocenters. The van der Waals surface area contributed by atoms with Gasteiger partial charge in [0.25, 0.3) is 5.91 Å². The number of aliphatic hydroxyl groups is 1. The number of amides is 1. The molecule has 2 aromatic rings. The van der Waals surface area contributed by atoms with Crippen molar-refractivity contribution in [1.29, 1.82) is 0 Å². The lowest BCUT2D eigenvalue weighted by atomic mass is 10.00. The lowest BCUT2D eigenvalue weighted by Crippen LogP contribution is -2.42. The van der Waals surface area contributed by atoms with Gasteiger partial charge in [-0.3, -0.25) is 9.69 Å². The quantitative estimate of drug-likeness (QED) is 0.660. The molecule has 0 fully saturated rings. The molecule has 1 aromatic heterocycles. The molecule has 156 valence electrons. The number of ether oxygens (including phenoxy) is 1. The largest absolute Gasteiger partial charge is 0.476 e. The van der Waals surface area contributed by atoms with Crippen molar-refractivity contribution >= 4 is 5.91 Å². The number of aliphatic hydroxyl groups excluding tert-OH is 1. The third kappa shape index (κ3) is 6.52. The number of rotatable bonds is 9. The molecule has 1 aliphatic rings. The molecule has 1 amide bonds. The molecular weight excluding hydrogens is 368 g/mol. The maximum absolute atomic E-state index is 12.4. The standard InChI is InChI=1S/C22H30N4O3/c1-25(2)11-12-29-21-13-18(7-9-23-21)22(28)24-14-20(27)16-26-10-8-17-5-3-4-6-19(17)15-26/h3-7,9,13,20,27H,8,10-12,14-16H2,1-2H3,(H,24,28)/t20-/m0/s1. The van der Waals surface area contributed by atoms with E-state index in [9.17, 15) is 9.90 Å².